The van der Waals surface area contributed by atoms with Crippen molar-refractivity contribution in [2.24, 2.45) is 0 Å². The molecule has 0 fully saturated rings. The molecular weight excluding hydrogens is 186 g/mol. The number of nitrogens with one attached hydrogen (secondary N) is 1. The van der Waals surface area contributed by atoms with E-state index in [-0.39, 0.29) is 0 Å². The first kappa shape index (κ1) is 8.31. The topological polar surface area (TPSA) is 30.5 Å². The predicted molar refractivity (Wildman–Crippen MR) is 53.1 cm³/mol. The summed E-state index contributed by atoms with van der Waals surface area (Å²) >= 11 is 4.90. The minimum Gasteiger partial charge on any atom is -0.493 e. The number of thiocarbonyl (C=S) groups is 1. The van der Waals surface area contributed by atoms with Gasteiger partial charge in [0.05, 0.1) is 7.11 Å². The van der Waals surface area contributed by atoms with Crippen LogP contribution in [0.5, 0.6) is 11.5 Å². The first-order valence-corrected chi connectivity index (χ1v) is 4.33. The fraction of sp³-hybridized carbons (Fsp3) is 0.222. The van der Waals surface area contributed by atoms with E-state index in [4.69, 9.17) is 21.7 Å². The molecule has 2 rings (SSSR count). The SMILES string of the molecule is COc1cccc2c1OC(=S)NC2. The second-order valence-corrected chi connectivity index (χ2v) is 3.06. The van der Waals surface area contributed by atoms with Gasteiger partial charge >= 0.3 is 0 Å². The number of fused-ring (bicyclic) bond motifs is 1. The highest BCUT2D eigenvalue weighted by atomic mass is 32.1. The Hall–Kier alpha value is -1.29. The summed E-state index contributed by atoms with van der Waals surface area (Å²) in [7, 11) is 1.62. The molecule has 0 bridgehead atoms. The molecular formula is C9H9NO2S. The van der Waals surface area contributed by atoms with Crippen LogP contribution in [0.3, 0.4) is 0 Å². The second kappa shape index (κ2) is 3.22. The molecule has 0 aromatic heterocycles. The van der Waals surface area contributed by atoms with Crippen LogP contribution in [-0.4, -0.2) is 12.3 Å². The van der Waals surface area contributed by atoms with Crippen molar-refractivity contribution in [1.29, 1.82) is 0 Å². The Morgan fingerprint density at radius 2 is 2.38 bits per heavy atom. The molecule has 0 radical (unpaired) electrons. The zero-order valence-corrected chi connectivity index (χ0v) is 7.98. The highest BCUT2D eigenvalue weighted by Crippen LogP contribution is 2.32. The van der Waals surface area contributed by atoms with Crippen LogP contribution in [0.15, 0.2) is 18.2 Å². The maximum atomic E-state index is 5.35. The summed E-state index contributed by atoms with van der Waals surface area (Å²) in [5.41, 5.74) is 1.06. The summed E-state index contributed by atoms with van der Waals surface area (Å²) in [6.45, 7) is 0.700. The number of methoxy groups -OCH3 is 1. The number of ether oxygens (including phenoxy) is 2. The molecule has 0 aliphatic carbocycles. The van der Waals surface area contributed by atoms with Crippen LogP contribution in [0.1, 0.15) is 5.56 Å². The van der Waals surface area contributed by atoms with Gasteiger partial charge in [-0.2, -0.15) is 0 Å². The summed E-state index contributed by atoms with van der Waals surface area (Å²) in [6, 6.07) is 5.76. The lowest BCUT2D eigenvalue weighted by Crippen LogP contribution is -2.31. The number of rotatable bonds is 1. The number of para-hydroxylation sites is 1. The standard InChI is InChI=1S/C9H9NO2S/c1-11-7-4-2-3-6-5-10-9(13)12-8(6)7/h2-4H,5H2,1H3,(H,10,13). The van der Waals surface area contributed by atoms with E-state index in [1.807, 2.05) is 18.2 Å². The monoisotopic (exact) mass is 195 g/mol. The van der Waals surface area contributed by atoms with E-state index in [0.29, 0.717) is 11.7 Å². The van der Waals surface area contributed by atoms with Gasteiger partial charge in [-0.15, -0.1) is 0 Å². The summed E-state index contributed by atoms with van der Waals surface area (Å²) in [5.74, 6) is 1.45. The summed E-state index contributed by atoms with van der Waals surface area (Å²) in [5, 5.41) is 3.34. The first-order chi connectivity index (χ1) is 6.31. The molecule has 0 spiro atoms. The lowest BCUT2D eigenvalue weighted by molar-refractivity contribution is 0.382. The van der Waals surface area contributed by atoms with Crippen LogP contribution in [0, 0.1) is 0 Å². The third-order valence-corrected chi connectivity index (χ3v) is 2.13. The molecule has 68 valence electrons. The Labute approximate surface area is 81.7 Å². The molecule has 13 heavy (non-hydrogen) atoms. The van der Waals surface area contributed by atoms with Crippen molar-refractivity contribution in [2.75, 3.05) is 7.11 Å². The molecule has 1 aromatic carbocycles. The second-order valence-electron chi connectivity index (χ2n) is 2.69. The molecule has 1 aliphatic rings. The Kier molecular flexibility index (Phi) is 2.06. The zero-order chi connectivity index (χ0) is 9.26. The van der Waals surface area contributed by atoms with Gasteiger partial charge in [0, 0.05) is 12.1 Å². The van der Waals surface area contributed by atoms with Crippen molar-refractivity contribution in [3.63, 3.8) is 0 Å². The van der Waals surface area contributed by atoms with E-state index < -0.39 is 0 Å². The summed E-state index contributed by atoms with van der Waals surface area (Å²) in [6.07, 6.45) is 0. The van der Waals surface area contributed by atoms with Crippen molar-refractivity contribution in [2.45, 2.75) is 6.54 Å². The number of benzene rings is 1. The summed E-state index contributed by atoms with van der Waals surface area (Å²) in [4.78, 5) is 0. The highest BCUT2D eigenvalue weighted by molar-refractivity contribution is 7.80. The molecule has 0 saturated heterocycles. The van der Waals surface area contributed by atoms with Gasteiger partial charge < -0.3 is 14.8 Å². The Balaban J connectivity index is 2.46. The maximum Gasteiger partial charge on any atom is 0.262 e. The van der Waals surface area contributed by atoms with E-state index in [2.05, 4.69) is 5.32 Å². The molecule has 3 nitrogen and oxygen atoms in total. The smallest absolute Gasteiger partial charge is 0.262 e. The number of hydrogen-bond acceptors (Lipinski definition) is 3. The first-order valence-electron chi connectivity index (χ1n) is 3.93. The third kappa shape index (κ3) is 1.45. The van der Waals surface area contributed by atoms with Crippen LogP contribution in [0.4, 0.5) is 0 Å². The average molecular weight is 195 g/mol. The molecule has 1 aromatic rings. The molecule has 0 unspecified atom stereocenters. The predicted octanol–water partition coefficient (Wildman–Crippen LogP) is 1.46. The normalized spacial score (nSPS) is 14.1. The third-order valence-electron chi connectivity index (χ3n) is 1.90. The molecule has 0 amide bonds. The van der Waals surface area contributed by atoms with Gasteiger partial charge in [0.25, 0.3) is 5.17 Å². The molecule has 0 atom stereocenters. The fourth-order valence-corrected chi connectivity index (χ4v) is 1.43. The zero-order valence-electron chi connectivity index (χ0n) is 7.16. The molecule has 0 saturated carbocycles. The van der Waals surface area contributed by atoms with Crippen LogP contribution in [0.25, 0.3) is 0 Å². The molecule has 1 heterocycles. The van der Waals surface area contributed by atoms with Gasteiger partial charge in [0.1, 0.15) is 0 Å². The minimum atomic E-state index is 0.400. The largest absolute Gasteiger partial charge is 0.493 e. The fourth-order valence-electron chi connectivity index (χ4n) is 1.27. The minimum absolute atomic E-state index is 0.400. The molecule has 1 aliphatic heterocycles. The number of hydrogen-bond donors (Lipinski definition) is 1. The van der Waals surface area contributed by atoms with Crippen molar-refractivity contribution in [3.05, 3.63) is 23.8 Å². The van der Waals surface area contributed by atoms with Gasteiger partial charge in [-0.1, -0.05) is 12.1 Å². The maximum absolute atomic E-state index is 5.35. The Bertz CT molecular complexity index is 337. The van der Waals surface area contributed by atoms with Crippen LogP contribution in [0.2, 0.25) is 0 Å². The van der Waals surface area contributed by atoms with Crippen molar-refractivity contribution in [1.82, 2.24) is 5.32 Å². The Morgan fingerprint density at radius 1 is 1.54 bits per heavy atom. The van der Waals surface area contributed by atoms with Crippen LogP contribution >= 0.6 is 12.2 Å². The van der Waals surface area contributed by atoms with Gasteiger partial charge in [-0.25, -0.2) is 0 Å². The highest BCUT2D eigenvalue weighted by Gasteiger charge is 2.17. The summed E-state index contributed by atoms with van der Waals surface area (Å²) < 4.78 is 10.5. The van der Waals surface area contributed by atoms with Crippen molar-refractivity contribution >= 4 is 17.4 Å². The van der Waals surface area contributed by atoms with E-state index in [0.717, 1.165) is 17.1 Å². The van der Waals surface area contributed by atoms with E-state index in [9.17, 15) is 0 Å². The Morgan fingerprint density at radius 3 is 3.15 bits per heavy atom. The van der Waals surface area contributed by atoms with Crippen molar-refractivity contribution < 1.29 is 9.47 Å². The van der Waals surface area contributed by atoms with Gasteiger partial charge in [-0.3, -0.25) is 0 Å². The average Bonchev–Trinajstić information content (AvgIpc) is 2.17. The van der Waals surface area contributed by atoms with Crippen LogP contribution in [-0.2, 0) is 6.54 Å². The quantitative estimate of drug-likeness (QED) is 0.687. The molecule has 4 heteroatoms. The van der Waals surface area contributed by atoms with E-state index in [1.165, 1.54) is 0 Å². The van der Waals surface area contributed by atoms with E-state index in [1.54, 1.807) is 7.11 Å². The van der Waals surface area contributed by atoms with Gasteiger partial charge in [0.15, 0.2) is 11.5 Å². The van der Waals surface area contributed by atoms with Crippen LogP contribution < -0.4 is 14.8 Å². The van der Waals surface area contributed by atoms with E-state index >= 15 is 0 Å². The molecule has 1 N–H and O–H groups in total. The van der Waals surface area contributed by atoms with Gasteiger partial charge in [0.2, 0.25) is 0 Å². The van der Waals surface area contributed by atoms with Gasteiger partial charge in [-0.05, 0) is 18.3 Å². The lowest BCUT2D eigenvalue weighted by Gasteiger charge is -2.20. The van der Waals surface area contributed by atoms with Crippen molar-refractivity contribution in [3.8, 4) is 11.5 Å². The lowest BCUT2D eigenvalue weighted by atomic mass is 10.1.